The van der Waals surface area contributed by atoms with E-state index < -0.39 is 5.60 Å². The zero-order chi connectivity index (χ0) is 15.5. The molecule has 3 fully saturated rings. The Labute approximate surface area is 134 Å². The average molecular weight is 302 g/mol. The molecular weight excluding hydrogens is 272 g/mol. The summed E-state index contributed by atoms with van der Waals surface area (Å²) in [6, 6.07) is 0. The summed E-state index contributed by atoms with van der Waals surface area (Å²) in [5.74, 6) is 3.30. The van der Waals surface area contributed by atoms with Crippen molar-refractivity contribution in [3.63, 3.8) is 0 Å². The van der Waals surface area contributed by atoms with Crippen molar-refractivity contribution in [3.05, 3.63) is 11.6 Å². The van der Waals surface area contributed by atoms with Crippen LogP contribution < -0.4 is 0 Å². The molecule has 0 saturated heterocycles. The fraction of sp³-hybridized carbons (Fsp3) is 0.850. The first-order valence-corrected chi connectivity index (χ1v) is 9.44. The first-order valence-electron chi connectivity index (χ1n) is 9.44. The normalized spacial score (nSPS) is 50.9. The molecule has 0 aromatic carbocycles. The van der Waals surface area contributed by atoms with Crippen LogP contribution in [-0.2, 0) is 4.79 Å². The summed E-state index contributed by atoms with van der Waals surface area (Å²) in [5.41, 5.74) is 1.17. The summed E-state index contributed by atoms with van der Waals surface area (Å²) in [5, 5.41) is 11.2. The SMILES string of the molecule is CC[C@]1(O)CC[C@H]2[C@@H]3CCC4=CC(=O)CC[C@@H]4[C@H]3CC[C@@]21C. The maximum absolute atomic E-state index is 11.7. The second kappa shape index (κ2) is 4.93. The summed E-state index contributed by atoms with van der Waals surface area (Å²) in [6.07, 6.45) is 11.8. The zero-order valence-electron chi connectivity index (χ0n) is 14.1. The molecule has 0 radical (unpaired) electrons. The topological polar surface area (TPSA) is 37.3 Å². The molecule has 2 heteroatoms. The molecule has 4 rings (SSSR count). The second-order valence-electron chi connectivity index (χ2n) is 8.68. The number of aliphatic hydroxyl groups is 1. The van der Waals surface area contributed by atoms with Gasteiger partial charge in [-0.2, -0.15) is 0 Å². The van der Waals surface area contributed by atoms with Crippen LogP contribution in [0.5, 0.6) is 0 Å². The van der Waals surface area contributed by atoms with Gasteiger partial charge in [-0.25, -0.2) is 0 Å². The van der Waals surface area contributed by atoms with E-state index in [0.717, 1.165) is 43.9 Å². The second-order valence-corrected chi connectivity index (χ2v) is 8.68. The van der Waals surface area contributed by atoms with Crippen LogP contribution in [0.15, 0.2) is 11.6 Å². The Morgan fingerprint density at radius 3 is 2.73 bits per heavy atom. The van der Waals surface area contributed by atoms with Crippen molar-refractivity contribution in [1.29, 1.82) is 0 Å². The zero-order valence-corrected chi connectivity index (χ0v) is 14.1. The van der Waals surface area contributed by atoms with Crippen molar-refractivity contribution in [2.24, 2.45) is 29.1 Å². The molecular formula is C20H30O2. The Bertz CT molecular complexity index is 522. The standard InChI is InChI=1S/C20H30O2/c1-3-20(22)11-9-18-17-6-4-13-12-14(21)5-7-15(13)16(17)8-10-19(18,20)2/h12,15-18,22H,3-11H2,1-2H3/t15-,16+,17+,18-,19-,20-/m0/s1. The van der Waals surface area contributed by atoms with Gasteiger partial charge in [-0.15, -0.1) is 0 Å². The minimum Gasteiger partial charge on any atom is -0.389 e. The van der Waals surface area contributed by atoms with Crippen molar-refractivity contribution in [2.75, 3.05) is 0 Å². The lowest BCUT2D eigenvalue weighted by Crippen LogP contribution is -2.52. The van der Waals surface area contributed by atoms with Crippen LogP contribution in [0.4, 0.5) is 0 Å². The number of carbonyl (C=O) groups excluding carboxylic acids is 1. The van der Waals surface area contributed by atoms with Gasteiger partial charge in [0.15, 0.2) is 5.78 Å². The van der Waals surface area contributed by atoms with Gasteiger partial charge in [-0.05, 0) is 86.5 Å². The van der Waals surface area contributed by atoms with E-state index in [1.807, 2.05) is 6.08 Å². The molecule has 2 nitrogen and oxygen atoms in total. The Hall–Kier alpha value is -0.630. The van der Waals surface area contributed by atoms with E-state index in [-0.39, 0.29) is 5.41 Å². The molecule has 0 heterocycles. The minimum atomic E-state index is -0.429. The van der Waals surface area contributed by atoms with Crippen LogP contribution in [-0.4, -0.2) is 16.5 Å². The maximum atomic E-state index is 11.7. The lowest BCUT2D eigenvalue weighted by molar-refractivity contribution is -0.122. The van der Waals surface area contributed by atoms with E-state index in [2.05, 4.69) is 13.8 Å². The molecule has 6 atom stereocenters. The van der Waals surface area contributed by atoms with Crippen molar-refractivity contribution < 1.29 is 9.90 Å². The highest BCUT2D eigenvalue weighted by Crippen LogP contribution is 2.65. The molecule has 0 aromatic heterocycles. The summed E-state index contributed by atoms with van der Waals surface area (Å²) in [7, 11) is 0. The predicted octanol–water partition coefficient (Wildman–Crippen LogP) is 4.27. The van der Waals surface area contributed by atoms with E-state index in [1.165, 1.54) is 31.3 Å². The lowest BCUT2D eigenvalue weighted by atomic mass is 9.50. The van der Waals surface area contributed by atoms with E-state index in [0.29, 0.717) is 17.6 Å². The molecule has 122 valence electrons. The number of hydrogen-bond acceptors (Lipinski definition) is 2. The summed E-state index contributed by atoms with van der Waals surface area (Å²) >= 11 is 0. The molecule has 0 amide bonds. The lowest BCUT2D eigenvalue weighted by Gasteiger charge is -2.55. The van der Waals surface area contributed by atoms with Crippen LogP contribution in [0.3, 0.4) is 0 Å². The molecule has 0 aliphatic heterocycles. The van der Waals surface area contributed by atoms with Crippen molar-refractivity contribution in [2.45, 2.75) is 77.2 Å². The molecule has 0 bridgehead atoms. The van der Waals surface area contributed by atoms with Crippen LogP contribution in [0.25, 0.3) is 0 Å². The first kappa shape index (κ1) is 14.9. The van der Waals surface area contributed by atoms with Crippen molar-refractivity contribution in [1.82, 2.24) is 0 Å². The predicted molar refractivity (Wildman–Crippen MR) is 87.3 cm³/mol. The molecule has 0 aromatic rings. The fourth-order valence-corrected chi connectivity index (χ4v) is 6.87. The van der Waals surface area contributed by atoms with Crippen LogP contribution in [0, 0.1) is 29.1 Å². The minimum absolute atomic E-state index is 0.134. The Kier molecular flexibility index (Phi) is 3.35. The summed E-state index contributed by atoms with van der Waals surface area (Å²) in [4.78, 5) is 11.7. The van der Waals surface area contributed by atoms with E-state index in [9.17, 15) is 9.90 Å². The van der Waals surface area contributed by atoms with Gasteiger partial charge in [0.25, 0.3) is 0 Å². The number of carbonyl (C=O) groups is 1. The molecule has 1 N–H and O–H groups in total. The van der Waals surface area contributed by atoms with Crippen molar-refractivity contribution >= 4 is 5.78 Å². The third-order valence-electron chi connectivity index (χ3n) is 8.21. The van der Waals surface area contributed by atoms with E-state index >= 15 is 0 Å². The van der Waals surface area contributed by atoms with Crippen LogP contribution in [0.1, 0.15) is 71.6 Å². The van der Waals surface area contributed by atoms with Crippen LogP contribution in [0.2, 0.25) is 0 Å². The summed E-state index contributed by atoms with van der Waals surface area (Å²) in [6.45, 7) is 4.54. The highest BCUT2D eigenvalue weighted by atomic mass is 16.3. The van der Waals surface area contributed by atoms with Gasteiger partial charge in [0.05, 0.1) is 5.60 Å². The first-order chi connectivity index (χ1) is 10.5. The monoisotopic (exact) mass is 302 g/mol. The quantitative estimate of drug-likeness (QED) is 0.785. The number of hydrogen-bond donors (Lipinski definition) is 1. The van der Waals surface area contributed by atoms with Gasteiger partial charge in [0.2, 0.25) is 0 Å². The Balaban J connectivity index is 1.63. The van der Waals surface area contributed by atoms with Gasteiger partial charge < -0.3 is 5.11 Å². The van der Waals surface area contributed by atoms with Gasteiger partial charge >= 0.3 is 0 Å². The maximum Gasteiger partial charge on any atom is 0.155 e. The highest BCUT2D eigenvalue weighted by molar-refractivity contribution is 5.91. The molecule has 0 unspecified atom stereocenters. The molecule has 22 heavy (non-hydrogen) atoms. The smallest absolute Gasteiger partial charge is 0.155 e. The van der Waals surface area contributed by atoms with E-state index in [4.69, 9.17) is 0 Å². The van der Waals surface area contributed by atoms with Crippen LogP contribution >= 0.6 is 0 Å². The van der Waals surface area contributed by atoms with Crippen molar-refractivity contribution in [3.8, 4) is 0 Å². The van der Waals surface area contributed by atoms with Gasteiger partial charge in [0.1, 0.15) is 0 Å². The number of fused-ring (bicyclic) bond motifs is 5. The van der Waals surface area contributed by atoms with E-state index in [1.54, 1.807) is 0 Å². The van der Waals surface area contributed by atoms with Gasteiger partial charge in [-0.1, -0.05) is 19.4 Å². The third kappa shape index (κ3) is 1.85. The largest absolute Gasteiger partial charge is 0.389 e. The Morgan fingerprint density at radius 1 is 1.14 bits per heavy atom. The fourth-order valence-electron chi connectivity index (χ4n) is 6.87. The number of rotatable bonds is 1. The molecule has 4 aliphatic rings. The molecule has 3 saturated carbocycles. The highest BCUT2D eigenvalue weighted by Gasteiger charge is 2.61. The average Bonchev–Trinajstić information content (AvgIpc) is 2.79. The Morgan fingerprint density at radius 2 is 1.95 bits per heavy atom. The summed E-state index contributed by atoms with van der Waals surface area (Å²) < 4.78 is 0. The number of ketones is 1. The van der Waals surface area contributed by atoms with Gasteiger partial charge in [0, 0.05) is 6.42 Å². The molecule has 0 spiro atoms. The van der Waals surface area contributed by atoms with Gasteiger partial charge in [-0.3, -0.25) is 4.79 Å². The molecule has 4 aliphatic carbocycles. The third-order valence-corrected chi connectivity index (χ3v) is 8.21. The number of allylic oxidation sites excluding steroid dienone is 1.